The minimum absolute atomic E-state index is 0.0204. The van der Waals surface area contributed by atoms with E-state index in [9.17, 15) is 78.0 Å². The summed E-state index contributed by atoms with van der Waals surface area (Å²) < 4.78 is 0. The largest absolute Gasteiger partial charge is 0.481 e. The van der Waals surface area contributed by atoms with Gasteiger partial charge >= 0.3 is 17.9 Å². The van der Waals surface area contributed by atoms with Crippen molar-refractivity contribution in [3.63, 3.8) is 0 Å². The average Bonchev–Trinajstić information content (AvgIpc) is 3.27. The summed E-state index contributed by atoms with van der Waals surface area (Å²) in [7, 11) is 0. The quantitative estimate of drug-likeness (QED) is 0.0271. The topological polar surface area (TPSA) is 460 Å². The van der Waals surface area contributed by atoms with Crippen LogP contribution >= 0.6 is 0 Å². The number of nitrogens with two attached hydrogens (primary N) is 3. The average molecular weight is 1030 g/mol. The summed E-state index contributed by atoms with van der Waals surface area (Å²) in [5.41, 5.74) is 17.1. The number of amides is 9. The molecule has 410 valence electrons. The second-order valence-corrected chi connectivity index (χ2v) is 18.7. The van der Waals surface area contributed by atoms with Gasteiger partial charge < -0.3 is 80.2 Å². The molecule has 0 aliphatic heterocycles. The van der Waals surface area contributed by atoms with Crippen LogP contribution in [0.4, 0.5) is 0 Å². The third kappa shape index (κ3) is 25.6. The van der Waals surface area contributed by atoms with Crippen LogP contribution in [0.5, 0.6) is 0 Å². The van der Waals surface area contributed by atoms with E-state index >= 15 is 0 Å². The van der Waals surface area contributed by atoms with E-state index in [4.69, 9.17) is 17.2 Å². The molecule has 0 radical (unpaired) electrons. The smallest absolute Gasteiger partial charge is 0.326 e. The van der Waals surface area contributed by atoms with Crippen molar-refractivity contribution in [2.24, 2.45) is 35.0 Å². The van der Waals surface area contributed by atoms with Gasteiger partial charge in [0.15, 0.2) is 0 Å². The van der Waals surface area contributed by atoms with E-state index < -0.39 is 170 Å². The second kappa shape index (κ2) is 33.2. The number of hydrogen-bond acceptors (Lipinski definition) is 15. The van der Waals surface area contributed by atoms with Crippen molar-refractivity contribution in [3.05, 3.63) is 0 Å². The monoisotopic (exact) mass is 1030 g/mol. The van der Waals surface area contributed by atoms with Crippen molar-refractivity contribution in [1.29, 1.82) is 0 Å². The Morgan fingerprint density at radius 1 is 0.486 bits per heavy atom. The standard InChI is InChI=1S/C45H79N11O16/c1-9-23(6)35(55-44(70)36(25(8)57)56-38(64)26(47)18-21(2)3)43(69)53-30(20-32(48)58)42(68)50-27(12-10-11-17-46)40(66)52-29(14-16-34(61)62)41(67)51-28(13-15-33(59)60)39(65)49-24(7)37(63)54-31(45(71)72)19-22(4)5/h21-31,35-36,57H,9-20,46-47H2,1-8H3,(H2,48,58)(H,49,65)(H,50,68)(H,51,67)(H,52,66)(H,53,69)(H,54,63)(H,55,70)(H,56,64)(H,59,60)(H,61,62)(H,71,72)/t23-,24-,25+,26-,27-,28-,29-,30-,31-,35-,36-/m0/s1. The Kier molecular flexibility index (Phi) is 30.2. The fourth-order valence-electron chi connectivity index (χ4n) is 6.92. The number of primary amides is 1. The molecule has 0 unspecified atom stereocenters. The lowest BCUT2D eigenvalue weighted by Crippen LogP contribution is -2.62. The molecule has 18 N–H and O–H groups in total. The Bertz CT molecular complexity index is 1880. The molecule has 0 heterocycles. The van der Waals surface area contributed by atoms with Crippen LogP contribution in [0.2, 0.25) is 0 Å². The van der Waals surface area contributed by atoms with E-state index in [0.717, 1.165) is 0 Å². The minimum Gasteiger partial charge on any atom is -0.481 e. The molecule has 0 spiro atoms. The molecule has 0 fully saturated rings. The molecule has 0 saturated heterocycles. The maximum absolute atomic E-state index is 14.0. The number of aliphatic hydroxyl groups excluding tert-OH is 1. The third-order valence-corrected chi connectivity index (χ3v) is 11.2. The van der Waals surface area contributed by atoms with Gasteiger partial charge in [-0.15, -0.1) is 0 Å². The molecule has 0 saturated carbocycles. The van der Waals surface area contributed by atoms with Gasteiger partial charge in [0.25, 0.3) is 0 Å². The van der Waals surface area contributed by atoms with Crippen molar-refractivity contribution in [2.75, 3.05) is 6.54 Å². The van der Waals surface area contributed by atoms with E-state index in [2.05, 4.69) is 42.5 Å². The zero-order chi connectivity index (χ0) is 55.6. The molecule has 0 rings (SSSR count). The molecule has 27 nitrogen and oxygen atoms in total. The van der Waals surface area contributed by atoms with Gasteiger partial charge in [-0.25, -0.2) is 4.79 Å². The molecular formula is C45H79N11O16. The van der Waals surface area contributed by atoms with Gasteiger partial charge in [-0.1, -0.05) is 48.0 Å². The van der Waals surface area contributed by atoms with Crippen molar-refractivity contribution in [1.82, 2.24) is 42.5 Å². The number of carboxylic acid groups (broad SMARTS) is 3. The van der Waals surface area contributed by atoms with E-state index in [-0.39, 0.29) is 50.5 Å². The van der Waals surface area contributed by atoms with Crippen LogP contribution in [0, 0.1) is 17.8 Å². The van der Waals surface area contributed by atoms with E-state index in [1.54, 1.807) is 27.7 Å². The Morgan fingerprint density at radius 3 is 1.32 bits per heavy atom. The Balaban J connectivity index is 6.71. The minimum atomic E-state index is -1.79. The lowest BCUT2D eigenvalue weighted by molar-refractivity contribution is -0.143. The van der Waals surface area contributed by atoms with Crippen LogP contribution in [0.3, 0.4) is 0 Å². The predicted molar refractivity (Wildman–Crippen MR) is 257 cm³/mol. The fourth-order valence-corrected chi connectivity index (χ4v) is 6.92. The van der Waals surface area contributed by atoms with Gasteiger partial charge in [-0.05, 0) is 83.1 Å². The van der Waals surface area contributed by atoms with Gasteiger partial charge in [0.1, 0.15) is 48.3 Å². The molecule has 11 atom stereocenters. The zero-order valence-electron chi connectivity index (χ0n) is 42.4. The molecule has 9 amide bonds. The molecule has 0 aromatic heterocycles. The number of nitrogens with one attached hydrogen (secondary N) is 8. The van der Waals surface area contributed by atoms with E-state index in [1.807, 2.05) is 13.8 Å². The number of rotatable bonds is 36. The predicted octanol–water partition coefficient (Wildman–Crippen LogP) is -3.45. The molecule has 0 bridgehead atoms. The molecule has 0 aromatic carbocycles. The van der Waals surface area contributed by atoms with Gasteiger partial charge in [-0.3, -0.25) is 52.7 Å². The van der Waals surface area contributed by atoms with Crippen molar-refractivity contribution in [3.8, 4) is 0 Å². The lowest BCUT2D eigenvalue weighted by Gasteiger charge is -2.30. The van der Waals surface area contributed by atoms with Crippen LogP contribution in [0.1, 0.15) is 126 Å². The van der Waals surface area contributed by atoms with Gasteiger partial charge in [0, 0.05) is 12.8 Å². The number of carbonyl (C=O) groups is 12. The number of carbonyl (C=O) groups excluding carboxylic acids is 9. The van der Waals surface area contributed by atoms with Crippen molar-refractivity contribution in [2.45, 2.75) is 186 Å². The summed E-state index contributed by atoms with van der Waals surface area (Å²) in [6, 6.07) is -13.6. The maximum Gasteiger partial charge on any atom is 0.326 e. The van der Waals surface area contributed by atoms with Crippen LogP contribution < -0.4 is 59.7 Å². The lowest BCUT2D eigenvalue weighted by atomic mass is 9.96. The molecule has 0 aromatic rings. The first-order valence-electron chi connectivity index (χ1n) is 24.0. The van der Waals surface area contributed by atoms with Crippen LogP contribution in [-0.4, -0.2) is 159 Å². The highest BCUT2D eigenvalue weighted by Crippen LogP contribution is 2.13. The summed E-state index contributed by atoms with van der Waals surface area (Å²) in [6.07, 6.45) is -4.02. The van der Waals surface area contributed by atoms with Crippen LogP contribution in [0.25, 0.3) is 0 Å². The third-order valence-electron chi connectivity index (χ3n) is 11.2. The first-order chi connectivity index (χ1) is 33.4. The molecule has 27 heteroatoms. The van der Waals surface area contributed by atoms with E-state index in [0.29, 0.717) is 6.42 Å². The fraction of sp³-hybridized carbons (Fsp3) is 0.733. The molecular weight excluding hydrogens is 951 g/mol. The van der Waals surface area contributed by atoms with Gasteiger partial charge in [0.05, 0.1) is 18.6 Å². The van der Waals surface area contributed by atoms with Crippen molar-refractivity contribution >= 4 is 71.1 Å². The molecule has 0 aliphatic carbocycles. The Labute approximate surface area is 418 Å². The Morgan fingerprint density at radius 2 is 0.903 bits per heavy atom. The number of hydrogen-bond donors (Lipinski definition) is 15. The summed E-state index contributed by atoms with van der Waals surface area (Å²) in [4.78, 5) is 155. The highest BCUT2D eigenvalue weighted by Gasteiger charge is 2.37. The maximum atomic E-state index is 14.0. The van der Waals surface area contributed by atoms with Crippen molar-refractivity contribution < 1.29 is 78.0 Å². The normalized spacial score (nSPS) is 15.8. The van der Waals surface area contributed by atoms with Crippen LogP contribution in [-0.2, 0) is 57.5 Å². The van der Waals surface area contributed by atoms with Crippen LogP contribution in [0.15, 0.2) is 0 Å². The number of unbranched alkanes of at least 4 members (excludes halogenated alkanes) is 1. The molecule has 0 aliphatic rings. The summed E-state index contributed by atoms with van der Waals surface area (Å²) in [5, 5.41) is 57.7. The van der Waals surface area contributed by atoms with E-state index in [1.165, 1.54) is 13.8 Å². The summed E-state index contributed by atoms with van der Waals surface area (Å²) in [6.45, 7) is 12.9. The highest BCUT2D eigenvalue weighted by molar-refractivity contribution is 5.99. The zero-order valence-corrected chi connectivity index (χ0v) is 42.4. The summed E-state index contributed by atoms with van der Waals surface area (Å²) in [5.74, 6) is -14.2. The highest BCUT2D eigenvalue weighted by atomic mass is 16.4. The van der Waals surface area contributed by atoms with Gasteiger partial charge in [-0.2, -0.15) is 0 Å². The molecule has 72 heavy (non-hydrogen) atoms. The van der Waals surface area contributed by atoms with Gasteiger partial charge in [0.2, 0.25) is 53.2 Å². The summed E-state index contributed by atoms with van der Waals surface area (Å²) >= 11 is 0. The SMILES string of the molecule is CC[C@H](C)[C@H](NC(=O)[C@@H](NC(=O)[C@@H](N)CC(C)C)[C@@H](C)O)C(=O)N[C@@H](CC(N)=O)C(=O)N[C@@H](CCCCN)C(=O)N[C@@H](CCC(=O)O)C(=O)N[C@@H](CCC(=O)O)C(=O)N[C@@H](C)C(=O)N[C@@H](CC(C)C)C(=O)O. The number of aliphatic hydroxyl groups is 1. The Hall–Kier alpha value is -6.48. The first-order valence-corrected chi connectivity index (χ1v) is 24.0. The number of aliphatic carboxylic acids is 3. The second-order valence-electron chi connectivity index (χ2n) is 18.7. The first kappa shape index (κ1) is 65.5. The number of carboxylic acids is 3.